The Morgan fingerprint density at radius 2 is 1.95 bits per heavy atom. The van der Waals surface area contributed by atoms with Gasteiger partial charge in [-0.15, -0.1) is 0 Å². The Bertz CT molecular complexity index is 1380. The van der Waals surface area contributed by atoms with E-state index < -0.39 is 28.9 Å². The van der Waals surface area contributed by atoms with Crippen LogP contribution in [0.5, 0.6) is 0 Å². The van der Waals surface area contributed by atoms with Gasteiger partial charge in [0.05, 0.1) is 46.8 Å². The van der Waals surface area contributed by atoms with Crippen LogP contribution in [-0.2, 0) is 22.8 Å². The van der Waals surface area contributed by atoms with E-state index in [9.17, 15) is 22.6 Å². The van der Waals surface area contributed by atoms with Crippen molar-refractivity contribution in [1.29, 1.82) is 5.26 Å². The summed E-state index contributed by atoms with van der Waals surface area (Å²) in [6.45, 7) is 2.64. The summed E-state index contributed by atoms with van der Waals surface area (Å²) in [5.41, 5.74) is 2.13. The van der Waals surface area contributed by atoms with E-state index in [0.717, 1.165) is 18.5 Å². The van der Waals surface area contributed by atoms with Crippen molar-refractivity contribution in [2.24, 2.45) is 0 Å². The standard InChI is InChI=1S/C27H28F3N5OS/c1-26(2,17-31)25-9-8-20(16-33-25)32-12-4-5-21-15-22-23(34-19-10-13-37(36)14-11-19)6-3-7-24(22)35(21)18-27(28,29)30/h3,6-9,15-16,19,32,34H,10-14,18H2,1-2H3. The van der Waals surface area contributed by atoms with Crippen molar-refractivity contribution >= 4 is 33.1 Å². The summed E-state index contributed by atoms with van der Waals surface area (Å²) >= 11 is 0. The average Bonchev–Trinajstić information content (AvgIpc) is 3.20. The summed E-state index contributed by atoms with van der Waals surface area (Å²) in [6.07, 6.45) is -1.28. The quantitative estimate of drug-likeness (QED) is 0.432. The fraction of sp³-hybridized carbons (Fsp3) is 0.407. The van der Waals surface area contributed by atoms with E-state index >= 15 is 0 Å². The summed E-state index contributed by atoms with van der Waals surface area (Å²) in [5.74, 6) is 7.06. The number of nitrogens with zero attached hydrogens (tertiary/aromatic N) is 3. The monoisotopic (exact) mass is 527 g/mol. The van der Waals surface area contributed by atoms with Crippen LogP contribution in [0.25, 0.3) is 10.9 Å². The van der Waals surface area contributed by atoms with E-state index in [1.54, 1.807) is 50.4 Å². The molecule has 1 fully saturated rings. The first-order valence-electron chi connectivity index (χ1n) is 12.0. The predicted octanol–water partition coefficient (Wildman–Crippen LogP) is 5.19. The van der Waals surface area contributed by atoms with Crippen molar-refractivity contribution in [3.63, 3.8) is 0 Å². The molecule has 2 aromatic heterocycles. The van der Waals surface area contributed by atoms with Crippen molar-refractivity contribution in [3.8, 4) is 17.9 Å². The molecule has 1 saturated heterocycles. The largest absolute Gasteiger partial charge is 0.406 e. The molecule has 0 aliphatic carbocycles. The normalized spacial score (nSPS) is 18.1. The van der Waals surface area contributed by atoms with Gasteiger partial charge in [0.15, 0.2) is 0 Å². The maximum absolute atomic E-state index is 13.4. The van der Waals surface area contributed by atoms with Crippen LogP contribution in [0.2, 0.25) is 0 Å². The minimum absolute atomic E-state index is 0.131. The Kier molecular flexibility index (Phi) is 7.79. The Balaban J connectivity index is 1.55. The molecule has 6 nitrogen and oxygen atoms in total. The summed E-state index contributed by atoms with van der Waals surface area (Å²) in [4.78, 5) is 4.32. The maximum Gasteiger partial charge on any atom is 0.406 e. The van der Waals surface area contributed by atoms with Crippen LogP contribution in [0.1, 0.15) is 38.1 Å². The highest BCUT2D eigenvalue weighted by atomic mass is 32.2. The lowest BCUT2D eigenvalue weighted by atomic mass is 9.91. The second-order valence-corrected chi connectivity index (χ2v) is 11.3. The second kappa shape index (κ2) is 10.9. The van der Waals surface area contributed by atoms with Gasteiger partial charge < -0.3 is 15.2 Å². The van der Waals surface area contributed by atoms with Crippen LogP contribution in [0.15, 0.2) is 42.6 Å². The minimum atomic E-state index is -4.40. The van der Waals surface area contributed by atoms with Crippen molar-refractivity contribution < 1.29 is 17.4 Å². The van der Waals surface area contributed by atoms with Crippen molar-refractivity contribution in [1.82, 2.24) is 9.55 Å². The minimum Gasteiger partial charge on any atom is -0.382 e. The molecule has 0 spiro atoms. The van der Waals surface area contributed by atoms with Gasteiger partial charge in [0.1, 0.15) is 6.54 Å². The SMILES string of the molecule is CC(C)(C#N)c1ccc(NCC#Cc2cc3c(NC4CCS(=O)CC4)cccc3n2CC(F)(F)F)cn1. The van der Waals surface area contributed by atoms with Crippen LogP contribution < -0.4 is 10.6 Å². The third-order valence-corrected chi connectivity index (χ3v) is 7.69. The summed E-state index contributed by atoms with van der Waals surface area (Å²) in [6, 6.07) is 12.8. The third kappa shape index (κ3) is 6.64. The number of aromatic nitrogens is 2. The molecule has 0 saturated carbocycles. The number of halogens is 3. The molecule has 0 amide bonds. The first-order valence-corrected chi connectivity index (χ1v) is 13.5. The molecule has 4 rings (SSSR count). The summed E-state index contributed by atoms with van der Waals surface area (Å²) < 4.78 is 53.2. The Morgan fingerprint density at radius 3 is 2.59 bits per heavy atom. The molecule has 1 aromatic carbocycles. The number of alkyl halides is 3. The molecule has 37 heavy (non-hydrogen) atoms. The van der Waals surface area contributed by atoms with Gasteiger partial charge in [-0.3, -0.25) is 9.19 Å². The topological polar surface area (TPSA) is 82.7 Å². The van der Waals surface area contributed by atoms with Gasteiger partial charge in [-0.05, 0) is 62.9 Å². The molecule has 0 radical (unpaired) electrons. The number of hydrogen-bond donors (Lipinski definition) is 2. The number of hydrogen-bond acceptors (Lipinski definition) is 5. The number of pyridine rings is 1. The van der Waals surface area contributed by atoms with Crippen LogP contribution in [0, 0.1) is 23.2 Å². The molecule has 3 heterocycles. The van der Waals surface area contributed by atoms with Crippen LogP contribution >= 0.6 is 0 Å². The van der Waals surface area contributed by atoms with Crippen LogP contribution in [-0.4, -0.2) is 44.0 Å². The summed E-state index contributed by atoms with van der Waals surface area (Å²) in [7, 11) is -0.792. The number of anilines is 2. The fourth-order valence-corrected chi connectivity index (χ4v) is 5.53. The van der Waals surface area contributed by atoms with Gasteiger partial charge in [0, 0.05) is 39.4 Å². The van der Waals surface area contributed by atoms with Crippen LogP contribution in [0.4, 0.5) is 24.5 Å². The number of nitrogens with one attached hydrogen (secondary N) is 2. The first-order chi connectivity index (χ1) is 17.6. The van der Waals surface area contributed by atoms with Gasteiger partial charge in [-0.2, -0.15) is 18.4 Å². The lowest BCUT2D eigenvalue weighted by molar-refractivity contribution is -0.140. The highest BCUT2D eigenvalue weighted by Gasteiger charge is 2.30. The van der Waals surface area contributed by atoms with E-state index in [1.807, 2.05) is 6.07 Å². The van der Waals surface area contributed by atoms with Crippen molar-refractivity contribution in [2.75, 3.05) is 28.7 Å². The zero-order valence-corrected chi connectivity index (χ0v) is 21.5. The zero-order chi connectivity index (χ0) is 26.6. The molecule has 10 heteroatoms. The van der Waals surface area contributed by atoms with Crippen molar-refractivity contribution in [2.45, 2.75) is 50.9 Å². The van der Waals surface area contributed by atoms with E-state index in [4.69, 9.17) is 0 Å². The molecule has 194 valence electrons. The second-order valence-electron chi connectivity index (χ2n) is 9.56. The molecule has 3 aromatic rings. The summed E-state index contributed by atoms with van der Waals surface area (Å²) in [5, 5.41) is 16.5. The number of fused-ring (bicyclic) bond motifs is 1. The molecule has 0 unspecified atom stereocenters. The smallest absolute Gasteiger partial charge is 0.382 e. The highest BCUT2D eigenvalue weighted by molar-refractivity contribution is 7.85. The Labute approximate surface area is 216 Å². The fourth-order valence-electron chi connectivity index (χ4n) is 4.23. The highest BCUT2D eigenvalue weighted by Crippen LogP contribution is 2.31. The third-order valence-electron chi connectivity index (χ3n) is 6.31. The molecular weight excluding hydrogens is 499 g/mol. The molecule has 0 bridgehead atoms. The molecular formula is C27H28F3N5OS. The molecule has 1 aliphatic rings. The van der Waals surface area contributed by atoms with E-state index in [-0.39, 0.29) is 18.3 Å². The van der Waals surface area contributed by atoms with Gasteiger partial charge in [0.2, 0.25) is 0 Å². The van der Waals surface area contributed by atoms with E-state index in [0.29, 0.717) is 33.8 Å². The maximum atomic E-state index is 13.4. The van der Waals surface area contributed by atoms with Gasteiger partial charge in [-0.25, -0.2) is 0 Å². The predicted molar refractivity (Wildman–Crippen MR) is 141 cm³/mol. The molecule has 0 atom stereocenters. The molecule has 1 aliphatic heterocycles. The number of benzene rings is 1. The van der Waals surface area contributed by atoms with E-state index in [2.05, 4.69) is 33.5 Å². The first kappa shape index (κ1) is 26.6. The number of nitriles is 1. The van der Waals surface area contributed by atoms with Crippen LogP contribution in [0.3, 0.4) is 0 Å². The van der Waals surface area contributed by atoms with Crippen molar-refractivity contribution in [3.05, 3.63) is 54.0 Å². The zero-order valence-electron chi connectivity index (χ0n) is 20.7. The lowest BCUT2D eigenvalue weighted by Crippen LogP contribution is -2.29. The average molecular weight is 528 g/mol. The van der Waals surface area contributed by atoms with Gasteiger partial charge in [-0.1, -0.05) is 12.0 Å². The van der Waals surface area contributed by atoms with E-state index in [1.165, 1.54) is 4.57 Å². The Morgan fingerprint density at radius 1 is 1.19 bits per heavy atom. The number of rotatable bonds is 6. The molecule has 2 N–H and O–H groups in total. The Hall–Kier alpha value is -3.50. The van der Waals surface area contributed by atoms with Gasteiger partial charge in [0.25, 0.3) is 0 Å². The lowest BCUT2D eigenvalue weighted by Gasteiger charge is -2.24. The van der Waals surface area contributed by atoms with Gasteiger partial charge >= 0.3 is 6.18 Å².